The molecule has 0 saturated heterocycles. The topological polar surface area (TPSA) is 27.7 Å². The van der Waals surface area contributed by atoms with Crippen LogP contribution in [0.25, 0.3) is 0 Å². The van der Waals surface area contributed by atoms with Crippen molar-refractivity contribution in [1.82, 2.24) is 0 Å². The van der Waals surface area contributed by atoms with Gasteiger partial charge in [-0.05, 0) is 25.0 Å². The van der Waals surface area contributed by atoms with Gasteiger partial charge in [-0.25, -0.2) is 0 Å². The predicted molar refractivity (Wildman–Crippen MR) is 75.5 cm³/mol. The van der Waals surface area contributed by atoms with Crippen LogP contribution >= 0.6 is 8.60 Å². The van der Waals surface area contributed by atoms with Gasteiger partial charge in [-0.3, -0.25) is 0 Å². The van der Waals surface area contributed by atoms with E-state index in [1.165, 1.54) is 0 Å². The van der Waals surface area contributed by atoms with Gasteiger partial charge in [0.15, 0.2) is 0 Å². The smallest absolute Gasteiger partial charge is 0.397 e. The lowest BCUT2D eigenvalue weighted by molar-refractivity contribution is 0.210. The van der Waals surface area contributed by atoms with Gasteiger partial charge in [-0.15, -0.1) is 13.2 Å². The zero-order chi connectivity index (χ0) is 13.1. The van der Waals surface area contributed by atoms with Crippen molar-refractivity contribution in [2.24, 2.45) is 0 Å². The summed E-state index contributed by atoms with van der Waals surface area (Å²) in [7, 11) is -1.36. The van der Waals surface area contributed by atoms with Crippen LogP contribution in [0, 0.1) is 0 Å². The first-order chi connectivity index (χ1) is 8.86. The lowest BCUT2D eigenvalue weighted by Crippen LogP contribution is -1.99. The van der Waals surface area contributed by atoms with Crippen LogP contribution in [0.2, 0.25) is 0 Å². The largest absolute Gasteiger partial charge is 0.427 e. The van der Waals surface area contributed by atoms with Crippen molar-refractivity contribution >= 4 is 8.60 Å². The van der Waals surface area contributed by atoms with Crippen molar-refractivity contribution in [2.75, 3.05) is 13.2 Å². The fraction of sp³-hybridized carbons (Fsp3) is 0.286. The van der Waals surface area contributed by atoms with Gasteiger partial charge in [-0.2, -0.15) is 0 Å². The number of para-hydroxylation sites is 1. The van der Waals surface area contributed by atoms with Crippen LogP contribution in [0.4, 0.5) is 0 Å². The second-order valence-electron chi connectivity index (χ2n) is 3.45. The average molecular weight is 266 g/mol. The Morgan fingerprint density at radius 2 is 1.50 bits per heavy atom. The van der Waals surface area contributed by atoms with Crippen LogP contribution in [-0.2, 0) is 9.05 Å². The number of hydrogen-bond donors (Lipinski definition) is 0. The second-order valence-corrected chi connectivity index (χ2v) is 4.60. The summed E-state index contributed by atoms with van der Waals surface area (Å²) >= 11 is 0. The van der Waals surface area contributed by atoms with E-state index in [2.05, 4.69) is 13.2 Å². The van der Waals surface area contributed by atoms with E-state index in [1.54, 1.807) is 12.2 Å². The maximum absolute atomic E-state index is 5.66. The van der Waals surface area contributed by atoms with E-state index in [1.807, 2.05) is 30.3 Å². The van der Waals surface area contributed by atoms with Crippen molar-refractivity contribution < 1.29 is 13.6 Å². The minimum atomic E-state index is -1.36. The summed E-state index contributed by atoms with van der Waals surface area (Å²) < 4.78 is 16.8. The fourth-order valence-corrected chi connectivity index (χ4v) is 2.06. The Labute approximate surface area is 110 Å². The number of rotatable bonds is 10. The summed E-state index contributed by atoms with van der Waals surface area (Å²) in [6.07, 6.45) is 5.17. The molecule has 18 heavy (non-hydrogen) atoms. The predicted octanol–water partition coefficient (Wildman–Crippen LogP) is 4.48. The van der Waals surface area contributed by atoms with Gasteiger partial charge >= 0.3 is 8.60 Å². The Balaban J connectivity index is 2.42. The molecule has 4 heteroatoms. The number of benzene rings is 1. The van der Waals surface area contributed by atoms with Gasteiger partial charge in [0.1, 0.15) is 5.75 Å². The standard InChI is InChI=1S/C14H19O3P/c1-3-5-12-15-18(16-13-6-4-2)17-14-10-8-7-9-11-14/h3-4,7-11H,1-2,5-6,12-13H2. The molecule has 0 aromatic heterocycles. The van der Waals surface area contributed by atoms with Crippen molar-refractivity contribution in [3.63, 3.8) is 0 Å². The Morgan fingerprint density at radius 1 is 0.944 bits per heavy atom. The van der Waals surface area contributed by atoms with E-state index in [0.717, 1.165) is 18.6 Å². The molecule has 0 aliphatic rings. The molecule has 1 aromatic rings. The first-order valence-corrected chi connectivity index (χ1v) is 6.97. The minimum Gasteiger partial charge on any atom is -0.427 e. The Morgan fingerprint density at radius 3 is 2.00 bits per heavy atom. The molecule has 0 unspecified atom stereocenters. The van der Waals surface area contributed by atoms with E-state index in [0.29, 0.717) is 13.2 Å². The molecule has 0 amide bonds. The molecular weight excluding hydrogens is 247 g/mol. The third-order valence-corrected chi connectivity index (χ3v) is 3.11. The van der Waals surface area contributed by atoms with Crippen LogP contribution in [-0.4, -0.2) is 13.2 Å². The van der Waals surface area contributed by atoms with Gasteiger partial charge in [0.05, 0.1) is 13.2 Å². The van der Waals surface area contributed by atoms with Crippen LogP contribution < -0.4 is 4.52 Å². The molecular formula is C14H19O3P. The summed E-state index contributed by atoms with van der Waals surface area (Å²) in [5, 5.41) is 0. The zero-order valence-corrected chi connectivity index (χ0v) is 11.4. The maximum Gasteiger partial charge on any atom is 0.397 e. The lowest BCUT2D eigenvalue weighted by atomic mass is 10.3. The van der Waals surface area contributed by atoms with Gasteiger partial charge in [0.2, 0.25) is 0 Å². The number of hydrogen-bond acceptors (Lipinski definition) is 3. The van der Waals surface area contributed by atoms with Crippen molar-refractivity contribution in [3.05, 3.63) is 55.6 Å². The molecule has 0 fully saturated rings. The monoisotopic (exact) mass is 266 g/mol. The minimum absolute atomic E-state index is 0.552. The van der Waals surface area contributed by atoms with Crippen molar-refractivity contribution in [3.8, 4) is 5.75 Å². The molecule has 0 heterocycles. The van der Waals surface area contributed by atoms with Crippen molar-refractivity contribution in [2.45, 2.75) is 12.8 Å². The van der Waals surface area contributed by atoms with Gasteiger partial charge in [0.25, 0.3) is 0 Å². The second kappa shape index (κ2) is 9.84. The van der Waals surface area contributed by atoms with Crippen LogP contribution in [0.3, 0.4) is 0 Å². The molecule has 0 spiro atoms. The highest BCUT2D eigenvalue weighted by Crippen LogP contribution is 2.40. The summed E-state index contributed by atoms with van der Waals surface area (Å²) in [6.45, 7) is 8.40. The molecule has 0 saturated carbocycles. The first kappa shape index (κ1) is 14.9. The highest BCUT2D eigenvalue weighted by molar-refractivity contribution is 7.42. The first-order valence-electron chi connectivity index (χ1n) is 5.87. The summed E-state index contributed by atoms with van der Waals surface area (Å²) in [5.74, 6) is 0.751. The molecule has 0 N–H and O–H groups in total. The molecule has 1 aromatic carbocycles. The van der Waals surface area contributed by atoms with E-state index in [4.69, 9.17) is 13.6 Å². The summed E-state index contributed by atoms with van der Waals surface area (Å²) in [6, 6.07) is 9.52. The molecule has 98 valence electrons. The molecule has 0 atom stereocenters. The Kier molecular flexibility index (Phi) is 8.15. The van der Waals surface area contributed by atoms with Gasteiger partial charge in [0, 0.05) is 0 Å². The third kappa shape index (κ3) is 6.55. The van der Waals surface area contributed by atoms with Crippen LogP contribution in [0.5, 0.6) is 5.75 Å². The summed E-state index contributed by atoms with van der Waals surface area (Å²) in [4.78, 5) is 0. The highest BCUT2D eigenvalue weighted by atomic mass is 31.2. The molecule has 0 aliphatic heterocycles. The average Bonchev–Trinajstić information content (AvgIpc) is 2.40. The fourth-order valence-electron chi connectivity index (χ4n) is 1.08. The van der Waals surface area contributed by atoms with Gasteiger partial charge < -0.3 is 13.6 Å². The molecule has 0 radical (unpaired) electrons. The van der Waals surface area contributed by atoms with E-state index in [9.17, 15) is 0 Å². The van der Waals surface area contributed by atoms with Crippen LogP contribution in [0.15, 0.2) is 55.6 Å². The molecule has 0 bridgehead atoms. The third-order valence-electron chi connectivity index (χ3n) is 1.96. The quantitative estimate of drug-likeness (QED) is 0.355. The molecule has 0 aliphatic carbocycles. The normalized spacial score (nSPS) is 10.3. The molecule has 1 rings (SSSR count). The van der Waals surface area contributed by atoms with Crippen LogP contribution in [0.1, 0.15) is 12.8 Å². The lowest BCUT2D eigenvalue weighted by Gasteiger charge is -2.16. The maximum atomic E-state index is 5.66. The van der Waals surface area contributed by atoms with E-state index in [-0.39, 0.29) is 0 Å². The Hall–Kier alpha value is -1.15. The Bertz CT molecular complexity index is 326. The summed E-state index contributed by atoms with van der Waals surface area (Å²) in [5.41, 5.74) is 0. The van der Waals surface area contributed by atoms with E-state index >= 15 is 0 Å². The SMILES string of the molecule is C=CCCOP(OCCC=C)Oc1ccccc1. The van der Waals surface area contributed by atoms with Gasteiger partial charge in [-0.1, -0.05) is 30.4 Å². The van der Waals surface area contributed by atoms with E-state index < -0.39 is 8.60 Å². The zero-order valence-electron chi connectivity index (χ0n) is 10.5. The van der Waals surface area contributed by atoms with Crippen molar-refractivity contribution in [1.29, 1.82) is 0 Å². The molecule has 3 nitrogen and oxygen atoms in total. The highest BCUT2D eigenvalue weighted by Gasteiger charge is 2.13.